The van der Waals surface area contributed by atoms with Gasteiger partial charge in [-0.25, -0.2) is 9.59 Å². The van der Waals surface area contributed by atoms with Crippen LogP contribution in [-0.2, 0) is 25.7 Å². The predicted octanol–water partition coefficient (Wildman–Crippen LogP) is 1.11. The molecule has 0 radical (unpaired) electrons. The number of carbonyl (C=O) groups excluding carboxylic acids is 3. The van der Waals surface area contributed by atoms with Crippen LogP contribution in [-0.4, -0.2) is 31.1 Å². The molecule has 0 aromatic heterocycles. The van der Waals surface area contributed by atoms with Gasteiger partial charge in [-0.1, -0.05) is 30.3 Å². The summed E-state index contributed by atoms with van der Waals surface area (Å²) in [4.78, 5) is 34.3. The largest absolute Gasteiger partial charge is 0.467 e. The van der Waals surface area contributed by atoms with E-state index < -0.39 is 24.0 Å². The summed E-state index contributed by atoms with van der Waals surface area (Å²) in [6.45, 7) is 0.00517. The molecule has 120 valence electrons. The van der Waals surface area contributed by atoms with Gasteiger partial charge in [0.2, 0.25) is 5.91 Å². The van der Waals surface area contributed by atoms with Gasteiger partial charge in [-0.3, -0.25) is 4.79 Å². The van der Waals surface area contributed by atoms with Gasteiger partial charge in [0.05, 0.1) is 8.48 Å². The zero-order valence-corrected chi connectivity index (χ0v) is 12.3. The zero-order chi connectivity index (χ0) is 17.3. The van der Waals surface area contributed by atoms with E-state index in [2.05, 4.69) is 10.1 Å². The van der Waals surface area contributed by atoms with Crippen LogP contribution in [0.3, 0.4) is 0 Å². The van der Waals surface area contributed by atoms with Crippen molar-refractivity contribution in [3.63, 3.8) is 0 Å². The van der Waals surface area contributed by atoms with E-state index in [4.69, 9.17) is 11.8 Å². The van der Waals surface area contributed by atoms with Crippen LogP contribution in [0.5, 0.6) is 0 Å². The SMILES string of the molecule is [2H]C(CCCC([15NH2])=O)(NC(=O)OCc1ccccc1)C(=O)OC. The molecule has 0 saturated heterocycles. The van der Waals surface area contributed by atoms with E-state index in [-0.39, 0.29) is 25.9 Å². The van der Waals surface area contributed by atoms with Gasteiger partial charge in [-0.2, -0.15) is 0 Å². The smallest absolute Gasteiger partial charge is 0.408 e. The Morgan fingerprint density at radius 2 is 2.00 bits per heavy atom. The second kappa shape index (κ2) is 9.38. The third kappa shape index (κ3) is 6.74. The number of esters is 1. The molecule has 1 aromatic carbocycles. The lowest BCUT2D eigenvalue weighted by Gasteiger charge is -2.16. The molecule has 0 spiro atoms. The molecule has 0 saturated carbocycles. The summed E-state index contributed by atoms with van der Waals surface area (Å²) in [6, 6.07) is 6.93. The van der Waals surface area contributed by atoms with Crippen molar-refractivity contribution in [3.05, 3.63) is 35.9 Å². The number of hydrogen-bond acceptors (Lipinski definition) is 5. The average molecular weight is 310 g/mol. The second-order valence-electron chi connectivity index (χ2n) is 4.48. The Balaban J connectivity index is 2.59. The minimum absolute atomic E-state index is 0.00162. The molecular weight excluding hydrogens is 289 g/mol. The Hall–Kier alpha value is -2.57. The minimum Gasteiger partial charge on any atom is -0.467 e. The number of rotatable bonds is 8. The van der Waals surface area contributed by atoms with Gasteiger partial charge >= 0.3 is 12.1 Å². The molecule has 1 unspecified atom stereocenters. The van der Waals surface area contributed by atoms with Crippen molar-refractivity contribution in [1.82, 2.24) is 5.32 Å². The van der Waals surface area contributed by atoms with Crippen LogP contribution >= 0.6 is 0 Å². The molecular formula is C15H20N2O5. The summed E-state index contributed by atoms with van der Waals surface area (Å²) in [7, 11) is 1.11. The summed E-state index contributed by atoms with van der Waals surface area (Å²) >= 11 is 0. The van der Waals surface area contributed by atoms with Crippen molar-refractivity contribution < 1.29 is 25.2 Å². The van der Waals surface area contributed by atoms with Gasteiger partial charge in [-0.15, -0.1) is 0 Å². The van der Waals surface area contributed by atoms with Gasteiger partial charge in [0, 0.05) is 6.42 Å². The number of amides is 2. The maximum atomic E-state index is 11.8. The zero-order valence-electron chi connectivity index (χ0n) is 13.3. The van der Waals surface area contributed by atoms with Crippen molar-refractivity contribution in [2.45, 2.75) is 31.9 Å². The molecule has 22 heavy (non-hydrogen) atoms. The Morgan fingerprint density at radius 3 is 2.59 bits per heavy atom. The quantitative estimate of drug-likeness (QED) is 0.552. The van der Waals surface area contributed by atoms with E-state index in [1.54, 1.807) is 24.3 Å². The summed E-state index contributed by atoms with van der Waals surface area (Å²) in [6.07, 6.45) is -0.887. The van der Waals surface area contributed by atoms with Crippen molar-refractivity contribution in [1.29, 1.82) is 0 Å². The Morgan fingerprint density at radius 1 is 1.32 bits per heavy atom. The molecule has 3 N–H and O–H groups in total. The number of nitrogens with one attached hydrogen (secondary N) is 1. The molecule has 1 rings (SSSR count). The molecule has 1 aromatic rings. The van der Waals surface area contributed by atoms with Crippen molar-refractivity contribution >= 4 is 18.0 Å². The third-order valence-corrected chi connectivity index (χ3v) is 2.75. The molecule has 0 aliphatic rings. The van der Waals surface area contributed by atoms with Crippen molar-refractivity contribution in [2.24, 2.45) is 5.73 Å². The van der Waals surface area contributed by atoms with E-state index >= 15 is 0 Å². The number of alkyl carbamates (subject to hydrolysis) is 1. The fourth-order valence-corrected chi connectivity index (χ4v) is 1.66. The molecule has 7 nitrogen and oxygen atoms in total. The van der Waals surface area contributed by atoms with Gasteiger partial charge in [-0.05, 0) is 18.4 Å². The molecule has 0 aliphatic carbocycles. The van der Waals surface area contributed by atoms with Crippen LogP contribution in [0.2, 0.25) is 0 Å². The fraction of sp³-hybridized carbons (Fsp3) is 0.400. The van der Waals surface area contributed by atoms with Crippen LogP contribution in [0, 0.1) is 0 Å². The van der Waals surface area contributed by atoms with Crippen LogP contribution in [0.15, 0.2) is 30.3 Å². The van der Waals surface area contributed by atoms with E-state index in [1.165, 1.54) is 0 Å². The second-order valence-corrected chi connectivity index (χ2v) is 4.48. The average Bonchev–Trinajstić information content (AvgIpc) is 2.52. The van der Waals surface area contributed by atoms with Crippen LogP contribution in [0.4, 0.5) is 4.79 Å². The molecule has 0 heterocycles. The van der Waals surface area contributed by atoms with Crippen LogP contribution < -0.4 is 11.1 Å². The van der Waals surface area contributed by atoms with Crippen molar-refractivity contribution in [3.8, 4) is 0 Å². The molecule has 7 heteroatoms. The van der Waals surface area contributed by atoms with Gasteiger partial charge < -0.3 is 20.5 Å². The number of ether oxygens (including phenoxy) is 2. The number of carbonyl (C=O) groups is 3. The lowest BCUT2D eigenvalue weighted by Crippen LogP contribution is -2.41. The van der Waals surface area contributed by atoms with Crippen molar-refractivity contribution in [2.75, 3.05) is 7.11 Å². The first kappa shape index (κ1) is 15.8. The Labute approximate surface area is 130 Å². The lowest BCUT2D eigenvalue weighted by atomic mass is 10.1. The number of hydrogen-bond donors (Lipinski definition) is 2. The molecule has 0 aliphatic heterocycles. The molecule has 0 fully saturated rings. The molecule has 0 bridgehead atoms. The highest BCUT2D eigenvalue weighted by Gasteiger charge is 2.22. The molecule has 1 atom stereocenters. The molecule has 2 amide bonds. The highest BCUT2D eigenvalue weighted by atomic mass is 16.6. The first-order valence-corrected chi connectivity index (χ1v) is 6.73. The van der Waals surface area contributed by atoms with E-state index in [1.807, 2.05) is 6.07 Å². The minimum atomic E-state index is -2.03. The Bertz CT molecular complexity index is 552. The monoisotopic (exact) mass is 310 g/mol. The number of benzene rings is 1. The summed E-state index contributed by atoms with van der Waals surface area (Å²) < 4.78 is 17.5. The summed E-state index contributed by atoms with van der Waals surface area (Å²) in [5.74, 6) is -1.50. The van der Waals surface area contributed by atoms with E-state index in [9.17, 15) is 14.4 Å². The van der Waals surface area contributed by atoms with Crippen LogP contribution in [0.25, 0.3) is 0 Å². The van der Waals surface area contributed by atoms with E-state index in [0.29, 0.717) is 0 Å². The third-order valence-electron chi connectivity index (χ3n) is 2.75. The maximum Gasteiger partial charge on any atom is 0.408 e. The number of primary amides is 1. The predicted molar refractivity (Wildman–Crippen MR) is 78.6 cm³/mol. The topological polar surface area (TPSA) is 108 Å². The van der Waals surface area contributed by atoms with Gasteiger partial charge in [0.15, 0.2) is 0 Å². The summed E-state index contributed by atoms with van der Waals surface area (Å²) in [5.41, 5.74) is 5.78. The van der Waals surface area contributed by atoms with Crippen LogP contribution in [0.1, 0.15) is 26.2 Å². The number of methoxy groups -OCH3 is 1. The highest BCUT2D eigenvalue weighted by Crippen LogP contribution is 2.05. The van der Waals surface area contributed by atoms with Gasteiger partial charge in [0.1, 0.15) is 12.6 Å². The lowest BCUT2D eigenvalue weighted by molar-refractivity contribution is -0.143. The normalized spacial score (nSPS) is 13.4. The summed E-state index contributed by atoms with van der Waals surface area (Å²) in [5, 5.41) is 2.17. The first-order valence-electron chi connectivity index (χ1n) is 7.23. The standard InChI is InChI=1S/C15H20N2O5/c1-21-14(19)12(8-5-9-13(16)18)17-15(20)22-10-11-6-3-2-4-7-11/h2-4,6-7,12H,5,8-10H2,1H3,(H2,16,18)(H,17,20)/i12D,16+1. The Kier molecular flexibility index (Phi) is 6.74. The highest BCUT2D eigenvalue weighted by molar-refractivity contribution is 5.81. The number of nitrogens with two attached hydrogens (primary N) is 1. The van der Waals surface area contributed by atoms with Gasteiger partial charge in [0.25, 0.3) is 0 Å². The van der Waals surface area contributed by atoms with E-state index in [0.717, 1.165) is 12.7 Å². The fourth-order valence-electron chi connectivity index (χ4n) is 1.66. The maximum absolute atomic E-state index is 11.8. The first-order chi connectivity index (χ1) is 10.9.